The summed E-state index contributed by atoms with van der Waals surface area (Å²) >= 11 is 0. The Morgan fingerprint density at radius 2 is 0.645 bits per heavy atom. The van der Waals surface area contributed by atoms with Gasteiger partial charge in [0.25, 0.3) is 0 Å². The summed E-state index contributed by atoms with van der Waals surface area (Å²) in [5.74, 6) is -0.900. The van der Waals surface area contributed by atoms with Crippen molar-refractivity contribution >= 4 is 17.9 Å². The van der Waals surface area contributed by atoms with Gasteiger partial charge >= 0.3 is 17.9 Å². The molecule has 0 spiro atoms. The van der Waals surface area contributed by atoms with Crippen molar-refractivity contribution in [2.75, 3.05) is 13.2 Å². The molecule has 0 aromatic rings. The van der Waals surface area contributed by atoms with E-state index in [9.17, 15) is 14.4 Å². The SMILES string of the molecule is CC/C=C\C/C=C\C/C=C\C/C=C\C/C=C\CCCCCCCCCCCC(=O)OCC(COC(=O)CCCCCCCCCC)OC(=O)CCCCCCC/C=C\CCCC. The van der Waals surface area contributed by atoms with Gasteiger partial charge in [-0.2, -0.15) is 0 Å². The van der Waals surface area contributed by atoms with Crippen LogP contribution in [0.1, 0.15) is 245 Å². The number of rotatable bonds is 46. The zero-order valence-electron chi connectivity index (χ0n) is 40.6. The first-order valence-electron chi connectivity index (χ1n) is 25.9. The van der Waals surface area contributed by atoms with Gasteiger partial charge in [0, 0.05) is 19.3 Å². The number of carbonyl (C=O) groups excluding carboxylic acids is 3. The maximum Gasteiger partial charge on any atom is 0.306 e. The minimum atomic E-state index is -0.777. The van der Waals surface area contributed by atoms with E-state index >= 15 is 0 Å². The molecule has 0 N–H and O–H groups in total. The van der Waals surface area contributed by atoms with E-state index in [-0.39, 0.29) is 31.1 Å². The van der Waals surface area contributed by atoms with Crippen molar-refractivity contribution in [3.63, 3.8) is 0 Å². The molecular formula is C56H96O6. The summed E-state index contributed by atoms with van der Waals surface area (Å²) in [7, 11) is 0. The lowest BCUT2D eigenvalue weighted by Gasteiger charge is -2.18. The van der Waals surface area contributed by atoms with Gasteiger partial charge in [-0.3, -0.25) is 14.4 Å². The summed E-state index contributed by atoms with van der Waals surface area (Å²) in [5.41, 5.74) is 0. The lowest BCUT2D eigenvalue weighted by molar-refractivity contribution is -0.167. The molecule has 0 saturated carbocycles. The van der Waals surface area contributed by atoms with Crippen molar-refractivity contribution in [3.8, 4) is 0 Å². The second-order valence-corrected chi connectivity index (χ2v) is 17.1. The van der Waals surface area contributed by atoms with Crippen LogP contribution in [0.25, 0.3) is 0 Å². The predicted octanol–water partition coefficient (Wildman–Crippen LogP) is 17.0. The molecule has 0 amide bonds. The van der Waals surface area contributed by atoms with Gasteiger partial charge in [-0.05, 0) is 83.5 Å². The normalized spacial score (nSPS) is 12.6. The van der Waals surface area contributed by atoms with Crippen molar-refractivity contribution in [3.05, 3.63) is 72.9 Å². The third kappa shape index (κ3) is 47.9. The Labute approximate surface area is 382 Å². The highest BCUT2D eigenvalue weighted by Crippen LogP contribution is 2.14. The van der Waals surface area contributed by atoms with Crippen LogP contribution in [0, 0.1) is 0 Å². The van der Waals surface area contributed by atoms with Crippen LogP contribution >= 0.6 is 0 Å². The first-order valence-corrected chi connectivity index (χ1v) is 25.9. The van der Waals surface area contributed by atoms with E-state index in [1.165, 1.54) is 96.3 Å². The van der Waals surface area contributed by atoms with E-state index in [0.717, 1.165) is 109 Å². The van der Waals surface area contributed by atoms with Crippen LogP contribution in [0.2, 0.25) is 0 Å². The van der Waals surface area contributed by atoms with Crippen LogP contribution in [-0.4, -0.2) is 37.2 Å². The molecule has 0 radical (unpaired) electrons. The standard InChI is InChI=1S/C56H96O6/c1-4-7-10-13-16-19-21-22-23-24-25-26-27-28-29-30-31-32-33-34-36-37-40-43-46-49-55(58)61-52-53(51-60-54(57)48-45-42-39-18-15-12-9-6-3)62-56(59)50-47-44-41-38-35-20-17-14-11-8-5-2/h7,10,14,16-17,19,22-23,25-26,28-29,53H,4-6,8-9,11-13,15,18,20-21,24,27,30-52H2,1-3H3/b10-7-,17-14-,19-16-,23-22-,26-25-,29-28-. The van der Waals surface area contributed by atoms with E-state index in [2.05, 4.69) is 93.7 Å². The highest BCUT2D eigenvalue weighted by atomic mass is 16.6. The summed E-state index contributed by atoms with van der Waals surface area (Å²) in [6.07, 6.45) is 63.3. The zero-order chi connectivity index (χ0) is 45.1. The molecule has 0 aliphatic heterocycles. The molecular weight excluding hydrogens is 769 g/mol. The molecule has 1 atom stereocenters. The number of esters is 3. The van der Waals surface area contributed by atoms with Crippen molar-refractivity contribution < 1.29 is 28.6 Å². The van der Waals surface area contributed by atoms with Gasteiger partial charge in [-0.25, -0.2) is 0 Å². The molecule has 356 valence electrons. The van der Waals surface area contributed by atoms with Crippen LogP contribution in [0.3, 0.4) is 0 Å². The molecule has 0 bridgehead atoms. The van der Waals surface area contributed by atoms with Gasteiger partial charge in [0.1, 0.15) is 13.2 Å². The molecule has 0 fully saturated rings. The van der Waals surface area contributed by atoms with Crippen LogP contribution < -0.4 is 0 Å². The molecule has 0 aromatic carbocycles. The number of hydrogen-bond acceptors (Lipinski definition) is 6. The molecule has 6 nitrogen and oxygen atoms in total. The molecule has 0 heterocycles. The molecule has 6 heteroatoms. The van der Waals surface area contributed by atoms with E-state index in [4.69, 9.17) is 14.2 Å². The molecule has 0 aliphatic carbocycles. The molecule has 0 rings (SSSR count). The molecule has 62 heavy (non-hydrogen) atoms. The average molecular weight is 865 g/mol. The minimum Gasteiger partial charge on any atom is -0.462 e. The summed E-state index contributed by atoms with van der Waals surface area (Å²) < 4.78 is 16.7. The lowest BCUT2D eigenvalue weighted by atomic mass is 10.1. The van der Waals surface area contributed by atoms with Crippen LogP contribution in [0.5, 0.6) is 0 Å². The number of unbranched alkanes of at least 4 members (excludes halogenated alkanes) is 23. The summed E-state index contributed by atoms with van der Waals surface area (Å²) in [6, 6.07) is 0. The fourth-order valence-corrected chi connectivity index (χ4v) is 7.04. The fourth-order valence-electron chi connectivity index (χ4n) is 7.04. The first-order chi connectivity index (χ1) is 30.5. The van der Waals surface area contributed by atoms with Crippen LogP contribution in [0.4, 0.5) is 0 Å². The summed E-state index contributed by atoms with van der Waals surface area (Å²) in [6.45, 7) is 6.44. The fraction of sp³-hybridized carbons (Fsp3) is 0.732. The Kier molecular flexibility index (Phi) is 47.9. The van der Waals surface area contributed by atoms with Crippen molar-refractivity contribution in [2.45, 2.75) is 252 Å². The van der Waals surface area contributed by atoms with Crippen molar-refractivity contribution in [1.29, 1.82) is 0 Å². The minimum absolute atomic E-state index is 0.0793. The molecule has 0 aromatic heterocycles. The van der Waals surface area contributed by atoms with Crippen LogP contribution in [0.15, 0.2) is 72.9 Å². The smallest absolute Gasteiger partial charge is 0.306 e. The Morgan fingerprint density at radius 3 is 1.05 bits per heavy atom. The topological polar surface area (TPSA) is 78.9 Å². The summed E-state index contributed by atoms with van der Waals surface area (Å²) in [5, 5.41) is 0. The molecule has 0 saturated heterocycles. The summed E-state index contributed by atoms with van der Waals surface area (Å²) in [4.78, 5) is 37.8. The Morgan fingerprint density at radius 1 is 0.339 bits per heavy atom. The third-order valence-corrected chi connectivity index (χ3v) is 10.9. The van der Waals surface area contributed by atoms with Gasteiger partial charge in [0.05, 0.1) is 0 Å². The second kappa shape index (κ2) is 50.5. The number of ether oxygens (including phenoxy) is 3. The maximum absolute atomic E-state index is 12.7. The van der Waals surface area contributed by atoms with Gasteiger partial charge < -0.3 is 14.2 Å². The third-order valence-electron chi connectivity index (χ3n) is 10.9. The van der Waals surface area contributed by atoms with E-state index < -0.39 is 6.10 Å². The van der Waals surface area contributed by atoms with Crippen molar-refractivity contribution in [2.24, 2.45) is 0 Å². The number of allylic oxidation sites excluding steroid dienone is 12. The van der Waals surface area contributed by atoms with Gasteiger partial charge in [-0.15, -0.1) is 0 Å². The second-order valence-electron chi connectivity index (χ2n) is 17.1. The Bertz CT molecular complexity index is 1180. The molecule has 1 unspecified atom stereocenters. The predicted molar refractivity (Wildman–Crippen MR) is 265 cm³/mol. The Hall–Kier alpha value is -3.15. The van der Waals surface area contributed by atoms with Gasteiger partial charge in [-0.1, -0.05) is 216 Å². The number of carbonyl (C=O) groups is 3. The maximum atomic E-state index is 12.7. The van der Waals surface area contributed by atoms with Gasteiger partial charge in [0.2, 0.25) is 0 Å². The lowest BCUT2D eigenvalue weighted by Crippen LogP contribution is -2.30. The highest BCUT2D eigenvalue weighted by molar-refractivity contribution is 5.71. The Balaban J connectivity index is 4.19. The van der Waals surface area contributed by atoms with Gasteiger partial charge in [0.15, 0.2) is 6.10 Å². The zero-order valence-corrected chi connectivity index (χ0v) is 40.6. The van der Waals surface area contributed by atoms with Crippen LogP contribution in [-0.2, 0) is 28.6 Å². The largest absolute Gasteiger partial charge is 0.462 e. The quantitative estimate of drug-likeness (QED) is 0.0262. The monoisotopic (exact) mass is 865 g/mol. The average Bonchev–Trinajstić information content (AvgIpc) is 3.27. The van der Waals surface area contributed by atoms with E-state index in [0.29, 0.717) is 19.3 Å². The van der Waals surface area contributed by atoms with E-state index in [1.54, 1.807) is 0 Å². The van der Waals surface area contributed by atoms with E-state index in [1.807, 2.05) is 0 Å². The molecule has 0 aliphatic rings. The first kappa shape index (κ1) is 58.9. The number of hydrogen-bond donors (Lipinski definition) is 0. The highest BCUT2D eigenvalue weighted by Gasteiger charge is 2.19. The van der Waals surface area contributed by atoms with Crippen molar-refractivity contribution in [1.82, 2.24) is 0 Å².